The molecule has 2 rings (SSSR count). The molecule has 1 aliphatic heterocycles. The highest BCUT2D eigenvalue weighted by Crippen LogP contribution is 2.39. The number of amides is 1. The summed E-state index contributed by atoms with van der Waals surface area (Å²) in [5, 5.41) is 0. The molecule has 1 saturated carbocycles. The Bertz CT molecular complexity index is 329. The summed E-state index contributed by atoms with van der Waals surface area (Å²) in [4.78, 5) is 17.0. The summed E-state index contributed by atoms with van der Waals surface area (Å²) in [6, 6.07) is 0. The minimum Gasteiger partial charge on any atom is -0.343 e. The molecular weight excluding hydrogens is 262 g/mol. The zero-order valence-electron chi connectivity index (χ0n) is 13.9. The van der Waals surface area contributed by atoms with Crippen LogP contribution >= 0.6 is 0 Å². The molecule has 0 bridgehead atoms. The van der Waals surface area contributed by atoms with Crippen molar-refractivity contribution in [3.63, 3.8) is 0 Å². The molecule has 1 aliphatic carbocycles. The number of carbonyl (C=O) groups excluding carboxylic acids is 1. The lowest BCUT2D eigenvalue weighted by Gasteiger charge is -2.39. The molecule has 2 aliphatic rings. The van der Waals surface area contributed by atoms with Gasteiger partial charge in [0.15, 0.2) is 0 Å². The summed E-state index contributed by atoms with van der Waals surface area (Å²) in [5.74, 6) is 1.10. The van der Waals surface area contributed by atoms with E-state index in [4.69, 9.17) is 5.73 Å². The number of carbonyl (C=O) groups is 1. The molecule has 1 amide bonds. The second kappa shape index (κ2) is 7.59. The predicted molar refractivity (Wildman–Crippen MR) is 87.0 cm³/mol. The van der Waals surface area contributed by atoms with Gasteiger partial charge in [0.2, 0.25) is 5.91 Å². The summed E-state index contributed by atoms with van der Waals surface area (Å²) in [7, 11) is 4.26. The third-order valence-electron chi connectivity index (χ3n) is 5.46. The van der Waals surface area contributed by atoms with E-state index in [0.717, 1.165) is 51.2 Å². The quantitative estimate of drug-likeness (QED) is 0.845. The van der Waals surface area contributed by atoms with Gasteiger partial charge in [0, 0.05) is 26.1 Å². The summed E-state index contributed by atoms with van der Waals surface area (Å²) in [6.45, 7) is 3.71. The van der Waals surface area contributed by atoms with Crippen LogP contribution in [0.3, 0.4) is 0 Å². The molecule has 0 radical (unpaired) electrons. The lowest BCUT2D eigenvalue weighted by molar-refractivity contribution is -0.135. The fraction of sp³-hybridized carbons (Fsp3) is 0.941. The molecule has 1 saturated heterocycles. The van der Waals surface area contributed by atoms with Crippen molar-refractivity contribution in [3.8, 4) is 0 Å². The van der Waals surface area contributed by atoms with Crippen LogP contribution in [0.4, 0.5) is 0 Å². The van der Waals surface area contributed by atoms with E-state index < -0.39 is 0 Å². The molecule has 4 nitrogen and oxygen atoms in total. The second-order valence-electron chi connectivity index (χ2n) is 7.53. The summed E-state index contributed by atoms with van der Waals surface area (Å²) < 4.78 is 0. The van der Waals surface area contributed by atoms with Gasteiger partial charge in [-0.15, -0.1) is 0 Å². The minimum atomic E-state index is 0.107. The lowest BCUT2D eigenvalue weighted by Crippen LogP contribution is -2.44. The molecule has 2 fully saturated rings. The Morgan fingerprint density at radius 1 is 1.19 bits per heavy atom. The Labute approximate surface area is 130 Å². The molecule has 4 heteroatoms. The molecule has 0 aromatic rings. The van der Waals surface area contributed by atoms with Gasteiger partial charge in [0.05, 0.1) is 0 Å². The minimum absolute atomic E-state index is 0.107. The number of piperidine rings is 1. The Morgan fingerprint density at radius 3 is 2.33 bits per heavy atom. The monoisotopic (exact) mass is 295 g/mol. The molecule has 2 N–H and O–H groups in total. The number of hydrogen-bond acceptors (Lipinski definition) is 3. The number of likely N-dealkylation sites (tertiary alicyclic amines) is 1. The molecule has 21 heavy (non-hydrogen) atoms. The standard InChI is InChI=1S/C17H33N3O/c1-19(2)13-15-6-10-20(11-7-15)16(21)12-17(14-18)8-4-3-5-9-17/h15H,3-14,18H2,1-2H3. The van der Waals surface area contributed by atoms with E-state index in [1.165, 1.54) is 19.3 Å². The zero-order chi connectivity index (χ0) is 15.3. The fourth-order valence-electron chi connectivity index (χ4n) is 4.07. The van der Waals surface area contributed by atoms with E-state index in [1.807, 2.05) is 0 Å². The van der Waals surface area contributed by atoms with Crippen molar-refractivity contribution in [2.24, 2.45) is 17.1 Å². The molecular formula is C17H33N3O. The molecule has 122 valence electrons. The average Bonchev–Trinajstić information content (AvgIpc) is 2.48. The van der Waals surface area contributed by atoms with E-state index in [2.05, 4.69) is 23.9 Å². The van der Waals surface area contributed by atoms with Crippen LogP contribution in [0.2, 0.25) is 0 Å². The van der Waals surface area contributed by atoms with Crippen molar-refractivity contribution in [1.82, 2.24) is 9.80 Å². The van der Waals surface area contributed by atoms with Crippen molar-refractivity contribution < 1.29 is 4.79 Å². The zero-order valence-corrected chi connectivity index (χ0v) is 13.9. The maximum atomic E-state index is 12.6. The molecule has 0 aromatic heterocycles. The number of rotatable bonds is 5. The Kier molecular flexibility index (Phi) is 6.06. The van der Waals surface area contributed by atoms with Gasteiger partial charge >= 0.3 is 0 Å². The van der Waals surface area contributed by atoms with E-state index >= 15 is 0 Å². The highest BCUT2D eigenvalue weighted by Gasteiger charge is 2.35. The van der Waals surface area contributed by atoms with E-state index in [0.29, 0.717) is 18.9 Å². The van der Waals surface area contributed by atoms with Gasteiger partial charge < -0.3 is 15.5 Å². The van der Waals surface area contributed by atoms with Gasteiger partial charge in [-0.3, -0.25) is 4.79 Å². The molecule has 0 unspecified atom stereocenters. The van der Waals surface area contributed by atoms with Crippen LogP contribution in [0.1, 0.15) is 51.4 Å². The van der Waals surface area contributed by atoms with Crippen LogP contribution in [-0.4, -0.2) is 56.0 Å². The van der Waals surface area contributed by atoms with Crippen molar-refractivity contribution >= 4 is 5.91 Å². The topological polar surface area (TPSA) is 49.6 Å². The normalized spacial score (nSPS) is 23.5. The summed E-state index contributed by atoms with van der Waals surface area (Å²) in [6.07, 6.45) is 9.08. The SMILES string of the molecule is CN(C)CC1CCN(C(=O)CC2(CN)CCCCC2)CC1. The fourth-order valence-corrected chi connectivity index (χ4v) is 4.07. The van der Waals surface area contributed by atoms with Crippen molar-refractivity contribution in [2.45, 2.75) is 51.4 Å². The Hall–Kier alpha value is -0.610. The highest BCUT2D eigenvalue weighted by molar-refractivity contribution is 5.77. The Morgan fingerprint density at radius 2 is 1.81 bits per heavy atom. The molecule has 0 atom stereocenters. The third kappa shape index (κ3) is 4.68. The van der Waals surface area contributed by atoms with Gasteiger partial charge in [-0.25, -0.2) is 0 Å². The van der Waals surface area contributed by atoms with Crippen LogP contribution in [-0.2, 0) is 4.79 Å². The smallest absolute Gasteiger partial charge is 0.223 e. The summed E-state index contributed by atoms with van der Waals surface area (Å²) in [5.41, 5.74) is 6.12. The predicted octanol–water partition coefficient (Wildman–Crippen LogP) is 2.09. The van der Waals surface area contributed by atoms with Crippen LogP contribution < -0.4 is 5.73 Å². The first-order chi connectivity index (χ1) is 10.0. The van der Waals surface area contributed by atoms with E-state index in [-0.39, 0.29) is 5.41 Å². The molecule has 0 aromatic carbocycles. The number of hydrogen-bond donors (Lipinski definition) is 1. The molecule has 1 heterocycles. The first kappa shape index (κ1) is 16.8. The first-order valence-electron chi connectivity index (χ1n) is 8.67. The largest absolute Gasteiger partial charge is 0.343 e. The van der Waals surface area contributed by atoms with Crippen LogP contribution in [0.15, 0.2) is 0 Å². The van der Waals surface area contributed by atoms with Gasteiger partial charge in [0.1, 0.15) is 0 Å². The average molecular weight is 295 g/mol. The van der Waals surface area contributed by atoms with Gasteiger partial charge in [-0.1, -0.05) is 19.3 Å². The lowest BCUT2D eigenvalue weighted by atomic mass is 9.71. The van der Waals surface area contributed by atoms with Crippen LogP contribution in [0.25, 0.3) is 0 Å². The third-order valence-corrected chi connectivity index (χ3v) is 5.46. The van der Waals surface area contributed by atoms with Gasteiger partial charge in [-0.2, -0.15) is 0 Å². The van der Waals surface area contributed by atoms with Crippen molar-refractivity contribution in [1.29, 1.82) is 0 Å². The number of nitrogens with zero attached hydrogens (tertiary/aromatic N) is 2. The van der Waals surface area contributed by atoms with E-state index in [1.54, 1.807) is 0 Å². The van der Waals surface area contributed by atoms with Crippen LogP contribution in [0, 0.1) is 11.3 Å². The van der Waals surface area contributed by atoms with Crippen LogP contribution in [0.5, 0.6) is 0 Å². The number of nitrogens with two attached hydrogens (primary N) is 1. The summed E-state index contributed by atoms with van der Waals surface area (Å²) >= 11 is 0. The maximum absolute atomic E-state index is 12.6. The van der Waals surface area contributed by atoms with E-state index in [9.17, 15) is 4.79 Å². The Balaban J connectivity index is 1.81. The van der Waals surface area contributed by atoms with Crippen molar-refractivity contribution in [2.75, 3.05) is 40.3 Å². The van der Waals surface area contributed by atoms with Crippen molar-refractivity contribution in [3.05, 3.63) is 0 Å². The van der Waals surface area contributed by atoms with Gasteiger partial charge in [-0.05, 0) is 57.7 Å². The highest BCUT2D eigenvalue weighted by atomic mass is 16.2. The molecule has 0 spiro atoms. The maximum Gasteiger partial charge on any atom is 0.223 e. The second-order valence-corrected chi connectivity index (χ2v) is 7.53. The van der Waals surface area contributed by atoms with Gasteiger partial charge in [0.25, 0.3) is 0 Å². The first-order valence-corrected chi connectivity index (χ1v) is 8.67.